The van der Waals surface area contributed by atoms with Crippen molar-refractivity contribution in [3.63, 3.8) is 0 Å². The van der Waals surface area contributed by atoms with Gasteiger partial charge in [-0.1, -0.05) is 12.5 Å². The van der Waals surface area contributed by atoms with E-state index in [2.05, 4.69) is 24.0 Å². The van der Waals surface area contributed by atoms with E-state index < -0.39 is 5.97 Å². The Labute approximate surface area is 130 Å². The summed E-state index contributed by atoms with van der Waals surface area (Å²) >= 11 is 0. The molecular formula is C18H23NO3. The number of carboxylic acid groups (broad SMARTS) is 1. The van der Waals surface area contributed by atoms with Gasteiger partial charge < -0.3 is 9.52 Å². The minimum Gasteiger partial charge on any atom is -0.475 e. The number of carboxylic acids is 1. The normalized spacial score (nSPS) is 19.7. The number of hydrogen-bond acceptors (Lipinski definition) is 3. The third-order valence-corrected chi connectivity index (χ3v) is 4.80. The van der Waals surface area contributed by atoms with E-state index in [1.165, 1.54) is 24.8 Å². The summed E-state index contributed by atoms with van der Waals surface area (Å²) in [5, 5.41) is 10.1. The first-order valence-corrected chi connectivity index (χ1v) is 7.97. The molecule has 1 fully saturated rings. The highest BCUT2D eigenvalue weighted by Gasteiger charge is 2.21. The SMILES string of the molecule is Cc1c(C(=O)O)oc2c(C)cc(CN3CCCCC3C)cc12. The number of hydrogen-bond donors (Lipinski definition) is 1. The second kappa shape index (κ2) is 5.76. The van der Waals surface area contributed by atoms with Crippen LogP contribution in [0.2, 0.25) is 0 Å². The lowest BCUT2D eigenvalue weighted by Crippen LogP contribution is -2.36. The molecule has 1 aromatic carbocycles. The average Bonchev–Trinajstić information content (AvgIpc) is 2.80. The van der Waals surface area contributed by atoms with Gasteiger partial charge in [-0.05, 0) is 57.4 Å². The van der Waals surface area contributed by atoms with Gasteiger partial charge in [0.1, 0.15) is 5.58 Å². The maximum Gasteiger partial charge on any atom is 0.372 e. The Hall–Kier alpha value is -1.81. The van der Waals surface area contributed by atoms with Gasteiger partial charge >= 0.3 is 5.97 Å². The molecule has 4 heteroatoms. The van der Waals surface area contributed by atoms with E-state index in [1.807, 2.05) is 13.8 Å². The van der Waals surface area contributed by atoms with E-state index in [0.717, 1.165) is 29.6 Å². The molecule has 0 bridgehead atoms. The predicted octanol–water partition coefficient (Wildman–Crippen LogP) is 4.12. The Bertz CT molecular complexity index is 717. The summed E-state index contributed by atoms with van der Waals surface area (Å²) in [5.41, 5.74) is 3.66. The lowest BCUT2D eigenvalue weighted by molar-refractivity contribution is 0.0664. The van der Waals surface area contributed by atoms with Gasteiger partial charge in [0.05, 0.1) is 0 Å². The van der Waals surface area contributed by atoms with Gasteiger partial charge in [-0.15, -0.1) is 0 Å². The highest BCUT2D eigenvalue weighted by molar-refractivity contribution is 5.96. The van der Waals surface area contributed by atoms with Crippen LogP contribution in [0.3, 0.4) is 0 Å². The fourth-order valence-electron chi connectivity index (χ4n) is 3.49. The minimum atomic E-state index is -1.00. The van der Waals surface area contributed by atoms with Gasteiger partial charge in [-0.3, -0.25) is 4.90 Å². The molecule has 0 amide bonds. The first-order valence-electron chi connectivity index (χ1n) is 7.97. The summed E-state index contributed by atoms with van der Waals surface area (Å²) in [6, 6.07) is 4.83. The van der Waals surface area contributed by atoms with Crippen LogP contribution in [-0.2, 0) is 6.54 Å². The Morgan fingerprint density at radius 2 is 2.14 bits per heavy atom. The third kappa shape index (κ3) is 2.63. The zero-order chi connectivity index (χ0) is 15.9. The molecule has 1 aliphatic heterocycles. The molecule has 1 aliphatic rings. The number of piperidine rings is 1. The van der Waals surface area contributed by atoms with Gasteiger partial charge in [0.15, 0.2) is 0 Å². The van der Waals surface area contributed by atoms with Crippen molar-refractivity contribution in [2.75, 3.05) is 6.54 Å². The van der Waals surface area contributed by atoms with Crippen LogP contribution in [0.5, 0.6) is 0 Å². The second-order valence-corrected chi connectivity index (χ2v) is 6.47. The Kier molecular flexibility index (Phi) is 3.96. The Morgan fingerprint density at radius 3 is 2.82 bits per heavy atom. The van der Waals surface area contributed by atoms with Crippen molar-refractivity contribution >= 4 is 16.9 Å². The molecule has 118 valence electrons. The number of likely N-dealkylation sites (tertiary alicyclic amines) is 1. The van der Waals surface area contributed by atoms with Crippen LogP contribution in [-0.4, -0.2) is 28.6 Å². The molecule has 2 heterocycles. The number of nitrogens with zero attached hydrogens (tertiary/aromatic N) is 1. The molecule has 1 saturated heterocycles. The van der Waals surface area contributed by atoms with Crippen molar-refractivity contribution < 1.29 is 14.3 Å². The molecule has 22 heavy (non-hydrogen) atoms. The molecular weight excluding hydrogens is 278 g/mol. The minimum absolute atomic E-state index is 0.0570. The van der Waals surface area contributed by atoms with Crippen molar-refractivity contribution in [1.82, 2.24) is 4.90 Å². The number of carbonyl (C=O) groups is 1. The van der Waals surface area contributed by atoms with Gasteiger partial charge in [0.25, 0.3) is 0 Å². The number of furan rings is 1. The molecule has 3 rings (SSSR count). The average molecular weight is 301 g/mol. The lowest BCUT2D eigenvalue weighted by atomic mass is 10.0. The number of benzene rings is 1. The van der Waals surface area contributed by atoms with Gasteiger partial charge in [-0.2, -0.15) is 0 Å². The molecule has 1 aromatic heterocycles. The second-order valence-electron chi connectivity index (χ2n) is 6.47. The van der Waals surface area contributed by atoms with Gasteiger partial charge in [0.2, 0.25) is 5.76 Å². The topological polar surface area (TPSA) is 53.7 Å². The molecule has 0 radical (unpaired) electrons. The Morgan fingerprint density at radius 1 is 1.36 bits per heavy atom. The van der Waals surface area contributed by atoms with E-state index in [1.54, 1.807) is 0 Å². The van der Waals surface area contributed by atoms with E-state index in [4.69, 9.17) is 4.42 Å². The highest BCUT2D eigenvalue weighted by Crippen LogP contribution is 2.30. The third-order valence-electron chi connectivity index (χ3n) is 4.80. The molecule has 0 aliphatic carbocycles. The van der Waals surface area contributed by atoms with E-state index >= 15 is 0 Å². The summed E-state index contributed by atoms with van der Waals surface area (Å²) in [6.07, 6.45) is 3.84. The molecule has 0 spiro atoms. The van der Waals surface area contributed by atoms with E-state index in [9.17, 15) is 9.90 Å². The van der Waals surface area contributed by atoms with E-state index in [-0.39, 0.29) is 5.76 Å². The zero-order valence-electron chi connectivity index (χ0n) is 13.5. The number of fused-ring (bicyclic) bond motifs is 1. The van der Waals surface area contributed by atoms with Crippen LogP contribution in [0.15, 0.2) is 16.5 Å². The first-order chi connectivity index (χ1) is 10.5. The molecule has 4 nitrogen and oxygen atoms in total. The highest BCUT2D eigenvalue weighted by atomic mass is 16.4. The van der Waals surface area contributed by atoms with Crippen LogP contribution < -0.4 is 0 Å². The zero-order valence-corrected chi connectivity index (χ0v) is 13.5. The summed E-state index contributed by atoms with van der Waals surface area (Å²) < 4.78 is 5.54. The number of aryl methyl sites for hydroxylation is 2. The van der Waals surface area contributed by atoms with Crippen molar-refractivity contribution in [2.24, 2.45) is 0 Å². The van der Waals surface area contributed by atoms with Gasteiger partial charge in [-0.25, -0.2) is 4.79 Å². The molecule has 1 atom stereocenters. The number of aromatic carboxylic acids is 1. The van der Waals surface area contributed by atoms with Crippen LogP contribution in [0.4, 0.5) is 0 Å². The summed E-state index contributed by atoms with van der Waals surface area (Å²) in [7, 11) is 0. The quantitative estimate of drug-likeness (QED) is 0.926. The van der Waals surface area contributed by atoms with Crippen LogP contribution in [0, 0.1) is 13.8 Å². The molecule has 2 aromatic rings. The van der Waals surface area contributed by atoms with Crippen molar-refractivity contribution in [3.8, 4) is 0 Å². The molecule has 1 unspecified atom stereocenters. The summed E-state index contributed by atoms with van der Waals surface area (Å²) in [4.78, 5) is 13.8. The molecule has 1 N–H and O–H groups in total. The summed E-state index contributed by atoms with van der Waals surface area (Å²) in [5.74, 6) is -0.944. The largest absolute Gasteiger partial charge is 0.475 e. The molecule has 0 saturated carbocycles. The van der Waals surface area contributed by atoms with Crippen LogP contribution in [0.25, 0.3) is 11.0 Å². The van der Waals surface area contributed by atoms with Crippen molar-refractivity contribution in [1.29, 1.82) is 0 Å². The predicted molar refractivity (Wildman–Crippen MR) is 86.4 cm³/mol. The lowest BCUT2D eigenvalue weighted by Gasteiger charge is -2.33. The standard InChI is InChI=1S/C18H23NO3/c1-11-8-14(10-19-7-5-4-6-12(19)2)9-15-13(3)17(18(20)21)22-16(11)15/h8-9,12H,4-7,10H2,1-3H3,(H,20,21). The smallest absolute Gasteiger partial charge is 0.372 e. The maximum absolute atomic E-state index is 11.2. The van der Waals surface area contributed by atoms with Crippen LogP contribution >= 0.6 is 0 Å². The monoisotopic (exact) mass is 301 g/mol. The fourth-order valence-corrected chi connectivity index (χ4v) is 3.49. The fraction of sp³-hybridized carbons (Fsp3) is 0.500. The van der Waals surface area contributed by atoms with E-state index in [0.29, 0.717) is 11.6 Å². The first kappa shape index (κ1) is 15.1. The number of rotatable bonds is 3. The summed E-state index contributed by atoms with van der Waals surface area (Å²) in [6.45, 7) is 8.16. The maximum atomic E-state index is 11.2. The Balaban J connectivity index is 1.97. The van der Waals surface area contributed by atoms with Crippen LogP contribution in [0.1, 0.15) is 53.4 Å². The van der Waals surface area contributed by atoms with Crippen molar-refractivity contribution in [3.05, 3.63) is 34.6 Å². The van der Waals surface area contributed by atoms with Crippen molar-refractivity contribution in [2.45, 2.75) is 52.6 Å². The van der Waals surface area contributed by atoms with Gasteiger partial charge in [0, 0.05) is 23.5 Å².